The maximum atomic E-state index is 13.0. The second-order valence-corrected chi connectivity index (χ2v) is 7.64. The molecule has 1 heterocycles. The molecule has 1 saturated heterocycles. The Morgan fingerprint density at radius 3 is 2.54 bits per heavy atom. The van der Waals surface area contributed by atoms with Crippen molar-refractivity contribution in [2.45, 2.75) is 30.7 Å². The first-order valence-corrected chi connectivity index (χ1v) is 8.93. The Morgan fingerprint density at radius 2 is 1.96 bits per heavy atom. The highest BCUT2D eigenvalue weighted by Crippen LogP contribution is 2.24. The molecule has 2 atom stereocenters. The van der Waals surface area contributed by atoms with Crippen molar-refractivity contribution in [2.24, 2.45) is 5.92 Å². The molecular formula is C15H18FN2O5S-. The van der Waals surface area contributed by atoms with Crippen LogP contribution in [0.25, 0.3) is 0 Å². The van der Waals surface area contributed by atoms with Crippen molar-refractivity contribution < 1.29 is 27.5 Å². The lowest BCUT2D eigenvalue weighted by Gasteiger charge is -2.32. The normalized spacial score (nSPS) is 20.3. The van der Waals surface area contributed by atoms with E-state index in [-0.39, 0.29) is 18.0 Å². The monoisotopic (exact) mass is 357 g/mol. The largest absolute Gasteiger partial charge is 0.548 e. The average Bonchev–Trinajstić information content (AvgIpc) is 2.55. The zero-order valence-corrected chi connectivity index (χ0v) is 13.9. The summed E-state index contributed by atoms with van der Waals surface area (Å²) in [4.78, 5) is 22.7. The molecule has 0 aromatic heterocycles. The summed E-state index contributed by atoms with van der Waals surface area (Å²) in [6, 6.07) is 3.31. The molecule has 132 valence electrons. The van der Waals surface area contributed by atoms with Gasteiger partial charge in [0.1, 0.15) is 5.82 Å². The van der Waals surface area contributed by atoms with Gasteiger partial charge >= 0.3 is 0 Å². The molecule has 1 aromatic carbocycles. The second-order valence-electron chi connectivity index (χ2n) is 5.71. The fraction of sp³-hybridized carbons (Fsp3) is 0.467. The summed E-state index contributed by atoms with van der Waals surface area (Å²) < 4.78 is 39.3. The standard InChI is InChI=1S/C15H19FN2O5S/c1-10(15(20)21)17-14(19)11-3-2-8-18(9-11)24(22,23)13-6-4-12(16)5-7-13/h4-7,10-11H,2-3,8-9H2,1H3,(H,17,19)(H,20,21)/p-1/t10-,11+/m0/s1. The molecule has 1 aromatic rings. The van der Waals surface area contributed by atoms with E-state index in [4.69, 9.17) is 0 Å². The number of carboxylic acid groups (broad SMARTS) is 1. The van der Waals surface area contributed by atoms with E-state index in [2.05, 4.69) is 5.32 Å². The summed E-state index contributed by atoms with van der Waals surface area (Å²) >= 11 is 0. The maximum Gasteiger partial charge on any atom is 0.243 e. The minimum Gasteiger partial charge on any atom is -0.548 e. The summed E-state index contributed by atoms with van der Waals surface area (Å²) in [5.41, 5.74) is 0. The molecule has 0 aliphatic carbocycles. The van der Waals surface area contributed by atoms with Gasteiger partial charge in [-0.15, -0.1) is 0 Å². The van der Waals surface area contributed by atoms with Crippen LogP contribution < -0.4 is 10.4 Å². The molecule has 1 aliphatic heterocycles. The topological polar surface area (TPSA) is 107 Å². The minimum atomic E-state index is -3.83. The number of halogens is 1. The molecule has 0 saturated carbocycles. The highest BCUT2D eigenvalue weighted by Gasteiger charge is 2.33. The number of benzene rings is 1. The second kappa shape index (κ2) is 7.27. The number of carboxylic acids is 1. The first-order chi connectivity index (χ1) is 11.2. The van der Waals surface area contributed by atoms with Crippen molar-refractivity contribution in [1.82, 2.24) is 9.62 Å². The van der Waals surface area contributed by atoms with Gasteiger partial charge in [-0.05, 0) is 44.0 Å². The molecule has 7 nitrogen and oxygen atoms in total. The Morgan fingerprint density at radius 1 is 1.33 bits per heavy atom. The Balaban J connectivity index is 2.11. The van der Waals surface area contributed by atoms with Gasteiger partial charge < -0.3 is 15.2 Å². The SMILES string of the molecule is C[C@H](NC(=O)[C@@H]1CCCN(S(=O)(=O)c2ccc(F)cc2)C1)C(=O)[O-]. The van der Waals surface area contributed by atoms with Gasteiger partial charge in [-0.25, -0.2) is 12.8 Å². The van der Waals surface area contributed by atoms with Crippen LogP contribution in [0.5, 0.6) is 0 Å². The van der Waals surface area contributed by atoms with Gasteiger partial charge in [-0.3, -0.25) is 4.79 Å². The zero-order chi connectivity index (χ0) is 17.9. The van der Waals surface area contributed by atoms with Crippen LogP contribution in [0.2, 0.25) is 0 Å². The number of hydrogen-bond acceptors (Lipinski definition) is 5. The van der Waals surface area contributed by atoms with Gasteiger partial charge in [-0.1, -0.05) is 0 Å². The molecule has 0 spiro atoms. The number of rotatable bonds is 5. The molecule has 2 rings (SSSR count). The number of nitrogens with one attached hydrogen (secondary N) is 1. The molecule has 9 heteroatoms. The van der Waals surface area contributed by atoms with Crippen molar-refractivity contribution in [2.75, 3.05) is 13.1 Å². The van der Waals surface area contributed by atoms with Crippen LogP contribution in [0.4, 0.5) is 4.39 Å². The lowest BCUT2D eigenvalue weighted by atomic mass is 9.98. The molecular weight excluding hydrogens is 339 g/mol. The zero-order valence-electron chi connectivity index (χ0n) is 13.1. The number of carbonyl (C=O) groups is 2. The van der Waals surface area contributed by atoms with Crippen LogP contribution in [0.1, 0.15) is 19.8 Å². The number of piperidine rings is 1. The third-order valence-corrected chi connectivity index (χ3v) is 5.80. The van der Waals surface area contributed by atoms with Gasteiger partial charge in [0.25, 0.3) is 0 Å². The van der Waals surface area contributed by atoms with Gasteiger partial charge in [0.2, 0.25) is 15.9 Å². The van der Waals surface area contributed by atoms with Crippen LogP contribution in [0.3, 0.4) is 0 Å². The van der Waals surface area contributed by atoms with Crippen LogP contribution in [0.15, 0.2) is 29.2 Å². The molecule has 0 radical (unpaired) electrons. The minimum absolute atomic E-state index is 0.0481. The molecule has 0 unspecified atom stereocenters. The van der Waals surface area contributed by atoms with Gasteiger partial charge in [0.05, 0.1) is 22.8 Å². The fourth-order valence-corrected chi connectivity index (χ4v) is 4.04. The average molecular weight is 357 g/mol. The Hall–Kier alpha value is -2.00. The van der Waals surface area contributed by atoms with E-state index < -0.39 is 39.7 Å². The summed E-state index contributed by atoms with van der Waals surface area (Å²) in [7, 11) is -3.83. The van der Waals surface area contributed by atoms with Crippen molar-refractivity contribution in [3.05, 3.63) is 30.1 Å². The molecule has 1 amide bonds. The Bertz CT molecular complexity index is 720. The van der Waals surface area contributed by atoms with E-state index in [1.807, 2.05) is 0 Å². The van der Waals surface area contributed by atoms with Crippen molar-refractivity contribution in [3.63, 3.8) is 0 Å². The highest BCUT2D eigenvalue weighted by atomic mass is 32.2. The fourth-order valence-electron chi connectivity index (χ4n) is 2.52. The number of amides is 1. The summed E-state index contributed by atoms with van der Waals surface area (Å²) in [6.45, 7) is 1.48. The maximum absolute atomic E-state index is 13.0. The third kappa shape index (κ3) is 4.09. The van der Waals surface area contributed by atoms with E-state index in [0.717, 1.165) is 16.4 Å². The van der Waals surface area contributed by atoms with Crippen LogP contribution in [0, 0.1) is 11.7 Å². The van der Waals surface area contributed by atoms with Gasteiger partial charge in [-0.2, -0.15) is 4.31 Å². The van der Waals surface area contributed by atoms with E-state index >= 15 is 0 Å². The Labute approximate surface area is 139 Å². The van der Waals surface area contributed by atoms with Crippen LogP contribution in [-0.4, -0.2) is 43.7 Å². The van der Waals surface area contributed by atoms with E-state index in [1.165, 1.54) is 19.1 Å². The predicted molar refractivity (Wildman–Crippen MR) is 80.5 cm³/mol. The summed E-state index contributed by atoms with van der Waals surface area (Å²) in [5.74, 6) is -3.11. The number of hydrogen-bond donors (Lipinski definition) is 1. The number of aliphatic carboxylic acids is 1. The predicted octanol–water partition coefficient (Wildman–Crippen LogP) is -0.519. The molecule has 0 bridgehead atoms. The van der Waals surface area contributed by atoms with Crippen LogP contribution >= 0.6 is 0 Å². The number of sulfonamides is 1. The van der Waals surface area contributed by atoms with Crippen LogP contribution in [-0.2, 0) is 19.6 Å². The first-order valence-electron chi connectivity index (χ1n) is 7.49. The lowest BCUT2D eigenvalue weighted by Crippen LogP contribution is -2.51. The van der Waals surface area contributed by atoms with Crippen molar-refractivity contribution >= 4 is 21.9 Å². The molecule has 1 N–H and O–H groups in total. The van der Waals surface area contributed by atoms with E-state index in [1.54, 1.807) is 0 Å². The van der Waals surface area contributed by atoms with Crippen molar-refractivity contribution in [1.29, 1.82) is 0 Å². The lowest BCUT2D eigenvalue weighted by molar-refractivity contribution is -0.307. The smallest absolute Gasteiger partial charge is 0.243 e. The van der Waals surface area contributed by atoms with Crippen molar-refractivity contribution in [3.8, 4) is 0 Å². The third-order valence-electron chi connectivity index (χ3n) is 3.92. The van der Waals surface area contributed by atoms with Gasteiger partial charge in [0.15, 0.2) is 0 Å². The first kappa shape index (κ1) is 18.3. The molecule has 1 fully saturated rings. The highest BCUT2D eigenvalue weighted by molar-refractivity contribution is 7.89. The number of carbonyl (C=O) groups excluding carboxylic acids is 2. The summed E-state index contributed by atoms with van der Waals surface area (Å²) in [5, 5.41) is 13.0. The Kier molecular flexibility index (Phi) is 5.55. The van der Waals surface area contributed by atoms with E-state index in [0.29, 0.717) is 12.8 Å². The van der Waals surface area contributed by atoms with Gasteiger partial charge in [0, 0.05) is 13.1 Å². The molecule has 1 aliphatic rings. The quantitative estimate of drug-likeness (QED) is 0.763. The molecule has 24 heavy (non-hydrogen) atoms. The van der Waals surface area contributed by atoms with E-state index in [9.17, 15) is 27.5 Å². The summed E-state index contributed by atoms with van der Waals surface area (Å²) in [6.07, 6.45) is 0.930. The number of nitrogens with zero attached hydrogens (tertiary/aromatic N) is 1.